The number of fused-ring (bicyclic) bond motifs is 2. The Morgan fingerprint density at radius 2 is 1.72 bits per heavy atom. The van der Waals surface area contributed by atoms with Gasteiger partial charge in [-0.2, -0.15) is 26.0 Å². The summed E-state index contributed by atoms with van der Waals surface area (Å²) in [6.45, 7) is 2.61. The molecule has 4 atom stereocenters. The Hall–Kier alpha value is -0.980. The van der Waals surface area contributed by atoms with E-state index in [9.17, 15) is 35.9 Å². The van der Waals surface area contributed by atoms with Gasteiger partial charge in [0.05, 0.1) is 36.8 Å². The van der Waals surface area contributed by atoms with Crippen LogP contribution in [0.3, 0.4) is 0 Å². The number of aliphatic hydroxyl groups is 1. The number of carbonyl (C=O) groups excluding carboxylic acids is 1. The fraction of sp³-hybridized carbons (Fsp3) is 0.941. The average molecular weight is 450 g/mol. The number of rotatable bonds is 10. The molecule has 7 nitrogen and oxygen atoms in total. The van der Waals surface area contributed by atoms with Crippen molar-refractivity contribution in [3.8, 4) is 0 Å². The quantitative estimate of drug-likeness (QED) is 0.299. The van der Waals surface area contributed by atoms with E-state index in [1.54, 1.807) is 0 Å². The fourth-order valence-electron chi connectivity index (χ4n) is 3.96. The molecule has 2 heterocycles. The van der Waals surface area contributed by atoms with E-state index in [0.717, 1.165) is 0 Å². The van der Waals surface area contributed by atoms with E-state index < -0.39 is 57.9 Å². The lowest BCUT2D eigenvalue weighted by molar-refractivity contribution is -0.176. The highest BCUT2D eigenvalue weighted by atomic mass is 32.2. The zero-order valence-electron chi connectivity index (χ0n) is 16.1. The fourth-order valence-corrected chi connectivity index (χ4v) is 4.44. The molecule has 0 radical (unpaired) electrons. The highest BCUT2D eigenvalue weighted by Gasteiger charge is 2.65. The lowest BCUT2D eigenvalue weighted by atomic mass is 9.75. The van der Waals surface area contributed by atoms with Crippen LogP contribution in [0.15, 0.2) is 0 Å². The number of halogens is 4. The van der Waals surface area contributed by atoms with Crippen molar-refractivity contribution in [1.29, 1.82) is 0 Å². The van der Waals surface area contributed by atoms with Crippen LogP contribution >= 0.6 is 0 Å². The van der Waals surface area contributed by atoms with Crippen molar-refractivity contribution in [2.75, 3.05) is 6.61 Å². The van der Waals surface area contributed by atoms with Gasteiger partial charge in [0.15, 0.2) is 0 Å². The molecule has 29 heavy (non-hydrogen) atoms. The van der Waals surface area contributed by atoms with Gasteiger partial charge in [-0.1, -0.05) is 13.8 Å². The van der Waals surface area contributed by atoms with Gasteiger partial charge in [-0.25, -0.2) is 0 Å². The molecule has 2 N–H and O–H groups in total. The predicted molar refractivity (Wildman–Crippen MR) is 92.0 cm³/mol. The summed E-state index contributed by atoms with van der Waals surface area (Å²) in [6.07, 6.45) is -0.131. The van der Waals surface area contributed by atoms with Crippen molar-refractivity contribution < 1.29 is 49.9 Å². The Labute approximate surface area is 166 Å². The molecule has 2 fully saturated rings. The molecular weight excluding hydrogens is 424 g/mol. The summed E-state index contributed by atoms with van der Waals surface area (Å²) < 4.78 is 92.6. The third kappa shape index (κ3) is 4.86. The van der Waals surface area contributed by atoms with Gasteiger partial charge in [-0.05, 0) is 38.0 Å². The predicted octanol–water partition coefficient (Wildman–Crippen LogP) is 2.77. The average Bonchev–Trinajstić information content (AvgIpc) is 3.20. The van der Waals surface area contributed by atoms with Crippen LogP contribution in [0.2, 0.25) is 0 Å². The normalized spacial score (nSPS) is 28.0. The van der Waals surface area contributed by atoms with Crippen LogP contribution in [0.25, 0.3) is 0 Å². The summed E-state index contributed by atoms with van der Waals surface area (Å²) in [5.41, 5.74) is -0.821. The first-order chi connectivity index (χ1) is 13.2. The molecule has 0 aromatic rings. The van der Waals surface area contributed by atoms with Gasteiger partial charge in [0, 0.05) is 0 Å². The monoisotopic (exact) mass is 450 g/mol. The van der Waals surface area contributed by atoms with E-state index >= 15 is 0 Å². The van der Waals surface area contributed by atoms with Gasteiger partial charge >= 0.3 is 27.3 Å². The van der Waals surface area contributed by atoms with Crippen molar-refractivity contribution in [2.45, 2.75) is 81.4 Å². The van der Waals surface area contributed by atoms with Gasteiger partial charge in [0.1, 0.15) is 0 Å². The van der Waals surface area contributed by atoms with Crippen LogP contribution in [-0.2, 0) is 24.4 Å². The van der Waals surface area contributed by atoms with Gasteiger partial charge in [0.25, 0.3) is 0 Å². The molecule has 4 unspecified atom stereocenters. The maximum absolute atomic E-state index is 13.4. The van der Waals surface area contributed by atoms with E-state index in [4.69, 9.17) is 9.29 Å². The summed E-state index contributed by atoms with van der Waals surface area (Å²) in [6, 6.07) is 0. The molecule has 0 spiro atoms. The van der Waals surface area contributed by atoms with Crippen molar-refractivity contribution in [1.82, 2.24) is 0 Å². The largest absolute Gasteiger partial charge is 0.465 e. The van der Waals surface area contributed by atoms with Crippen LogP contribution in [0, 0.1) is 11.8 Å². The number of hydrogen-bond acceptors (Lipinski definition) is 6. The highest BCUT2D eigenvalue weighted by Crippen LogP contribution is 2.47. The molecule has 0 saturated carbocycles. The maximum Gasteiger partial charge on any atom is 0.431 e. The Morgan fingerprint density at radius 3 is 2.17 bits per heavy atom. The van der Waals surface area contributed by atoms with Crippen LogP contribution in [0.1, 0.15) is 52.4 Å². The smallest absolute Gasteiger partial charge is 0.431 e. The molecule has 2 saturated heterocycles. The van der Waals surface area contributed by atoms with Gasteiger partial charge in [0.2, 0.25) is 0 Å². The molecule has 170 valence electrons. The Morgan fingerprint density at radius 1 is 1.14 bits per heavy atom. The maximum atomic E-state index is 13.4. The topological polar surface area (TPSA) is 110 Å². The zero-order valence-corrected chi connectivity index (χ0v) is 16.9. The molecule has 2 aliphatic heterocycles. The third-order valence-electron chi connectivity index (χ3n) is 6.02. The standard InChI is InChI=1S/C17H26F4O7S/c1-3-15(23,4-2)9-10-7-13-11(8-12(10)28-13)14(22)27-6-5-16(18,19)17(20,21)29(24,25)26/h10-13,23H,3-9H2,1-2H3,(H,24,25,26). The van der Waals surface area contributed by atoms with E-state index in [-0.39, 0.29) is 18.4 Å². The number of hydrogen-bond donors (Lipinski definition) is 2. The Balaban J connectivity index is 1.86. The highest BCUT2D eigenvalue weighted by molar-refractivity contribution is 7.87. The number of carbonyl (C=O) groups is 1. The molecule has 0 aromatic carbocycles. The van der Waals surface area contributed by atoms with Crippen LogP contribution in [0.5, 0.6) is 0 Å². The minimum Gasteiger partial charge on any atom is -0.465 e. The van der Waals surface area contributed by atoms with Gasteiger partial charge in [-0.3, -0.25) is 9.35 Å². The SMILES string of the molecule is CCC(O)(CC)CC1CC2OC1CC2C(=O)OCCC(F)(F)C(F)(F)S(=O)(=O)O. The van der Waals surface area contributed by atoms with Crippen LogP contribution in [-0.4, -0.2) is 59.6 Å². The van der Waals surface area contributed by atoms with E-state index in [2.05, 4.69) is 4.74 Å². The first-order valence-corrected chi connectivity index (χ1v) is 10.9. The van der Waals surface area contributed by atoms with Crippen molar-refractivity contribution in [3.05, 3.63) is 0 Å². The first-order valence-electron chi connectivity index (χ1n) is 9.44. The van der Waals surface area contributed by atoms with Crippen LogP contribution < -0.4 is 0 Å². The van der Waals surface area contributed by atoms with Crippen LogP contribution in [0.4, 0.5) is 17.6 Å². The molecule has 12 heteroatoms. The number of alkyl halides is 4. The second-order valence-electron chi connectivity index (χ2n) is 7.80. The molecule has 0 aromatic heterocycles. The second-order valence-corrected chi connectivity index (χ2v) is 9.26. The van der Waals surface area contributed by atoms with E-state index in [1.165, 1.54) is 0 Å². The molecule has 0 amide bonds. The summed E-state index contributed by atoms with van der Waals surface area (Å²) in [5, 5.41) is 4.78. The van der Waals surface area contributed by atoms with Crippen molar-refractivity contribution in [2.24, 2.45) is 11.8 Å². The third-order valence-corrected chi connectivity index (χ3v) is 6.96. The molecular formula is C17H26F4O7S. The second kappa shape index (κ2) is 8.27. The molecule has 2 bridgehead atoms. The van der Waals surface area contributed by atoms with E-state index in [1.807, 2.05) is 13.8 Å². The Kier molecular flexibility index (Phi) is 6.93. The number of ether oxygens (including phenoxy) is 2. The zero-order chi connectivity index (χ0) is 22.3. The van der Waals surface area contributed by atoms with Crippen molar-refractivity contribution in [3.63, 3.8) is 0 Å². The molecule has 2 aliphatic rings. The van der Waals surface area contributed by atoms with E-state index in [0.29, 0.717) is 25.7 Å². The first kappa shape index (κ1) is 24.3. The minimum atomic E-state index is -6.32. The number of esters is 1. The summed E-state index contributed by atoms with van der Waals surface area (Å²) in [4.78, 5) is 12.1. The summed E-state index contributed by atoms with van der Waals surface area (Å²) in [5.74, 6) is -6.68. The minimum absolute atomic E-state index is 0.0479. The molecule has 2 rings (SSSR count). The van der Waals surface area contributed by atoms with Crippen molar-refractivity contribution >= 4 is 16.1 Å². The lowest BCUT2D eigenvalue weighted by Gasteiger charge is -2.32. The lowest BCUT2D eigenvalue weighted by Crippen LogP contribution is -2.47. The summed E-state index contributed by atoms with van der Waals surface area (Å²) in [7, 11) is -6.32. The summed E-state index contributed by atoms with van der Waals surface area (Å²) >= 11 is 0. The molecule has 0 aliphatic carbocycles. The van der Waals surface area contributed by atoms with Gasteiger partial charge in [-0.15, -0.1) is 0 Å². The van der Waals surface area contributed by atoms with Gasteiger partial charge < -0.3 is 14.6 Å². The Bertz CT molecular complexity index is 709.